The molecule has 1 spiro atoms. The Morgan fingerprint density at radius 1 is 0.975 bits per heavy atom. The molecule has 8 atom stereocenters. The summed E-state index contributed by atoms with van der Waals surface area (Å²) < 4.78 is 18.2. The van der Waals surface area contributed by atoms with E-state index in [9.17, 15) is 14.7 Å². The number of methoxy groups -OCH3 is 1. The number of esters is 1. The van der Waals surface area contributed by atoms with Gasteiger partial charge in [0.05, 0.1) is 25.7 Å². The fraction of sp³-hybridized carbons (Fsp3) is 0.882. The SMILES string of the molecule is COC(=O)[C@]12CCC(C)(C)C[C@H]1[C@H]1C(=O)C=C3[C@@]4(C)CCC5(OCCO5)[C@@](C)(CCO)C4CC[C@@]3(C)[C@]1(C)CC2. The van der Waals surface area contributed by atoms with Crippen molar-refractivity contribution in [2.24, 2.45) is 50.2 Å². The number of aliphatic hydroxyl groups excluding tert-OH is 1. The Morgan fingerprint density at radius 3 is 2.30 bits per heavy atom. The molecule has 1 heterocycles. The number of carbonyl (C=O) groups is 2. The molecule has 0 aromatic rings. The van der Waals surface area contributed by atoms with Crippen LogP contribution in [-0.4, -0.2) is 49.6 Å². The lowest BCUT2D eigenvalue weighted by atomic mass is 9.33. The summed E-state index contributed by atoms with van der Waals surface area (Å²) in [4.78, 5) is 28.1. The maximum absolute atomic E-state index is 14.6. The smallest absolute Gasteiger partial charge is 0.312 e. The molecule has 6 aliphatic rings. The van der Waals surface area contributed by atoms with Crippen molar-refractivity contribution in [2.75, 3.05) is 26.9 Å². The molecule has 4 saturated carbocycles. The first kappa shape index (κ1) is 28.9. The maximum atomic E-state index is 14.6. The molecule has 6 heteroatoms. The largest absolute Gasteiger partial charge is 0.469 e. The number of hydrogen-bond donors (Lipinski definition) is 1. The normalized spacial score (nSPS) is 48.9. The molecule has 6 rings (SSSR count). The lowest BCUT2D eigenvalue weighted by Crippen LogP contribution is -2.68. The summed E-state index contributed by atoms with van der Waals surface area (Å²) >= 11 is 0. The topological polar surface area (TPSA) is 82.1 Å². The van der Waals surface area contributed by atoms with Gasteiger partial charge in [0.15, 0.2) is 11.6 Å². The zero-order valence-corrected chi connectivity index (χ0v) is 26.0. The first-order valence-electron chi connectivity index (χ1n) is 15.9. The molecule has 40 heavy (non-hydrogen) atoms. The van der Waals surface area contributed by atoms with Crippen LogP contribution in [0, 0.1) is 50.2 Å². The van der Waals surface area contributed by atoms with Crippen LogP contribution in [0.25, 0.3) is 0 Å². The predicted octanol–water partition coefficient (Wildman–Crippen LogP) is 6.25. The van der Waals surface area contributed by atoms with E-state index in [0.29, 0.717) is 19.6 Å². The third-order valence-corrected chi connectivity index (χ3v) is 14.3. The Hall–Kier alpha value is -1.24. The molecular formula is C34H52O6. The first-order chi connectivity index (χ1) is 18.7. The van der Waals surface area contributed by atoms with E-state index in [1.807, 2.05) is 0 Å². The van der Waals surface area contributed by atoms with Gasteiger partial charge in [0.1, 0.15) is 0 Å². The van der Waals surface area contributed by atoms with Crippen LogP contribution in [0.2, 0.25) is 0 Å². The quantitative estimate of drug-likeness (QED) is 0.414. The average molecular weight is 557 g/mol. The van der Waals surface area contributed by atoms with Gasteiger partial charge in [0, 0.05) is 24.4 Å². The summed E-state index contributed by atoms with van der Waals surface area (Å²) in [6.07, 6.45) is 10.8. The van der Waals surface area contributed by atoms with Gasteiger partial charge < -0.3 is 19.3 Å². The lowest BCUT2D eigenvalue weighted by Gasteiger charge is -2.71. The number of fused-ring (bicyclic) bond motifs is 7. The molecule has 0 radical (unpaired) electrons. The van der Waals surface area contributed by atoms with Crippen LogP contribution in [-0.2, 0) is 23.8 Å². The highest BCUT2D eigenvalue weighted by atomic mass is 16.7. The lowest BCUT2D eigenvalue weighted by molar-refractivity contribution is -0.297. The Kier molecular flexibility index (Phi) is 6.41. The van der Waals surface area contributed by atoms with Crippen molar-refractivity contribution in [2.45, 2.75) is 112 Å². The molecule has 5 aliphatic carbocycles. The second kappa shape index (κ2) is 8.89. The molecule has 0 aromatic carbocycles. The molecule has 0 bridgehead atoms. The van der Waals surface area contributed by atoms with Crippen molar-refractivity contribution >= 4 is 11.8 Å². The average Bonchev–Trinajstić information content (AvgIpc) is 3.38. The second-order valence-corrected chi connectivity index (χ2v) is 16.2. The summed E-state index contributed by atoms with van der Waals surface area (Å²) in [6, 6.07) is 0. The van der Waals surface area contributed by atoms with Crippen LogP contribution in [0.15, 0.2) is 11.6 Å². The summed E-state index contributed by atoms with van der Waals surface area (Å²) in [5, 5.41) is 10.2. The summed E-state index contributed by atoms with van der Waals surface area (Å²) in [6.45, 7) is 15.4. The van der Waals surface area contributed by atoms with Crippen LogP contribution >= 0.6 is 0 Å². The van der Waals surface area contributed by atoms with Crippen molar-refractivity contribution in [3.63, 3.8) is 0 Å². The van der Waals surface area contributed by atoms with Crippen molar-refractivity contribution < 1.29 is 28.9 Å². The minimum absolute atomic E-state index is 0.00433. The highest BCUT2D eigenvalue weighted by Crippen LogP contribution is 2.76. The third kappa shape index (κ3) is 3.39. The van der Waals surface area contributed by atoms with Gasteiger partial charge in [-0.15, -0.1) is 0 Å². The fourth-order valence-corrected chi connectivity index (χ4v) is 11.8. The monoisotopic (exact) mass is 556 g/mol. The summed E-state index contributed by atoms with van der Waals surface area (Å²) in [5.74, 6) is -0.452. The Labute approximate surface area is 241 Å². The van der Waals surface area contributed by atoms with Crippen LogP contribution in [0.1, 0.15) is 106 Å². The zero-order chi connectivity index (χ0) is 29.0. The van der Waals surface area contributed by atoms with Crippen molar-refractivity contribution in [1.82, 2.24) is 0 Å². The van der Waals surface area contributed by atoms with E-state index in [-0.39, 0.29) is 63.2 Å². The van der Waals surface area contributed by atoms with Gasteiger partial charge in [-0.1, -0.05) is 47.1 Å². The molecule has 0 aromatic heterocycles. The van der Waals surface area contributed by atoms with E-state index in [0.717, 1.165) is 57.8 Å². The van der Waals surface area contributed by atoms with Gasteiger partial charge in [-0.25, -0.2) is 0 Å². The van der Waals surface area contributed by atoms with Gasteiger partial charge in [-0.05, 0) is 97.4 Å². The number of ketones is 1. The number of hydrogen-bond acceptors (Lipinski definition) is 6. The molecule has 5 fully saturated rings. The minimum atomic E-state index is -0.655. The van der Waals surface area contributed by atoms with Crippen LogP contribution in [0.3, 0.4) is 0 Å². The van der Waals surface area contributed by atoms with Gasteiger partial charge >= 0.3 is 5.97 Å². The number of carbonyl (C=O) groups excluding carboxylic acids is 2. The van der Waals surface area contributed by atoms with Gasteiger partial charge in [-0.3, -0.25) is 9.59 Å². The molecule has 1 aliphatic heterocycles. The van der Waals surface area contributed by atoms with E-state index < -0.39 is 11.2 Å². The number of aliphatic hydroxyl groups is 1. The standard InChI is InChI=1S/C34H52O6/c1-28(2)10-13-33(27(37)38-7)14-12-32(6)26(22(33)21-28)23(36)20-25-29(3)11-15-34(39-18-19-40-34)31(5,16-17-35)24(29)8-9-30(25,32)4/h20,22,24,26,35H,8-19,21H2,1-7H3/t22-,24?,26-,29-,30+,31-,32+,33-/m0/s1. The van der Waals surface area contributed by atoms with Crippen molar-refractivity contribution in [3.05, 3.63) is 11.6 Å². The molecule has 1 saturated heterocycles. The van der Waals surface area contributed by atoms with Gasteiger partial charge in [0.2, 0.25) is 0 Å². The fourth-order valence-electron chi connectivity index (χ4n) is 11.8. The van der Waals surface area contributed by atoms with Crippen molar-refractivity contribution in [1.29, 1.82) is 0 Å². The first-order valence-corrected chi connectivity index (χ1v) is 15.9. The Balaban J connectivity index is 1.46. The Morgan fingerprint density at radius 2 is 1.65 bits per heavy atom. The van der Waals surface area contributed by atoms with E-state index in [1.165, 1.54) is 12.7 Å². The van der Waals surface area contributed by atoms with Crippen molar-refractivity contribution in [3.8, 4) is 0 Å². The molecule has 6 nitrogen and oxygen atoms in total. The predicted molar refractivity (Wildman–Crippen MR) is 152 cm³/mol. The van der Waals surface area contributed by atoms with Crippen LogP contribution < -0.4 is 0 Å². The van der Waals surface area contributed by atoms with Gasteiger partial charge in [0.25, 0.3) is 0 Å². The highest BCUT2D eigenvalue weighted by Gasteiger charge is 2.73. The number of allylic oxidation sites excluding steroid dienone is 2. The second-order valence-electron chi connectivity index (χ2n) is 16.2. The maximum Gasteiger partial charge on any atom is 0.312 e. The number of rotatable bonds is 3. The number of ether oxygens (including phenoxy) is 3. The summed E-state index contributed by atoms with van der Waals surface area (Å²) in [7, 11) is 1.52. The highest BCUT2D eigenvalue weighted by molar-refractivity contribution is 5.96. The molecular weight excluding hydrogens is 504 g/mol. The Bertz CT molecular complexity index is 1120. The van der Waals surface area contributed by atoms with E-state index in [2.05, 4.69) is 47.6 Å². The molecule has 0 amide bonds. The van der Waals surface area contributed by atoms with E-state index in [4.69, 9.17) is 14.2 Å². The molecule has 1 N–H and O–H groups in total. The molecule has 224 valence electrons. The van der Waals surface area contributed by atoms with Crippen LogP contribution in [0.4, 0.5) is 0 Å². The van der Waals surface area contributed by atoms with Crippen LogP contribution in [0.5, 0.6) is 0 Å². The van der Waals surface area contributed by atoms with E-state index >= 15 is 0 Å². The van der Waals surface area contributed by atoms with Gasteiger partial charge in [-0.2, -0.15) is 0 Å². The molecule has 1 unspecified atom stereocenters. The third-order valence-electron chi connectivity index (χ3n) is 14.3. The summed E-state index contributed by atoms with van der Waals surface area (Å²) in [5.41, 5.74) is -0.0134. The zero-order valence-electron chi connectivity index (χ0n) is 26.0. The van der Waals surface area contributed by atoms with E-state index in [1.54, 1.807) is 0 Å². The minimum Gasteiger partial charge on any atom is -0.469 e.